The van der Waals surface area contributed by atoms with Crippen molar-refractivity contribution >= 4 is 0 Å². The Hall–Kier alpha value is -1.40. The van der Waals surface area contributed by atoms with Gasteiger partial charge >= 0.3 is 0 Å². The van der Waals surface area contributed by atoms with Crippen molar-refractivity contribution in [3.05, 3.63) is 24.3 Å². The molecule has 0 saturated carbocycles. The molecule has 14 heavy (non-hydrogen) atoms. The van der Waals surface area contributed by atoms with Crippen LogP contribution in [0.5, 0.6) is 0 Å². The number of nitrogens with zero attached hydrogens (tertiary/aromatic N) is 2. The van der Waals surface area contributed by atoms with E-state index in [0.717, 1.165) is 18.5 Å². The zero-order chi connectivity index (χ0) is 10.2. The highest BCUT2D eigenvalue weighted by Gasteiger charge is 2.02. The minimum atomic E-state index is 0.148. The first-order valence-corrected chi connectivity index (χ1v) is 4.81. The van der Waals surface area contributed by atoms with E-state index in [2.05, 4.69) is 28.1 Å². The molecule has 0 fully saturated rings. The lowest BCUT2D eigenvalue weighted by Gasteiger charge is -2.10. The van der Waals surface area contributed by atoms with Crippen molar-refractivity contribution in [1.82, 2.24) is 15.3 Å². The maximum Gasteiger partial charge on any atom is 0.115 e. The number of nitrogens with one attached hydrogen (secondary N) is 1. The number of aromatic nitrogens is 2. The molecule has 0 radical (unpaired) electrons. The average Bonchev–Trinajstić information content (AvgIpc) is 2.25. The Morgan fingerprint density at radius 2 is 2.50 bits per heavy atom. The van der Waals surface area contributed by atoms with Gasteiger partial charge in [0.05, 0.1) is 11.7 Å². The normalized spacial score (nSPS) is 12.0. The molecule has 0 aliphatic heterocycles. The van der Waals surface area contributed by atoms with Crippen LogP contribution in [-0.2, 0) is 6.54 Å². The SMILES string of the molecule is C#CC(CCC)NCc1ccncn1. The predicted molar refractivity (Wildman–Crippen MR) is 56.4 cm³/mol. The maximum absolute atomic E-state index is 5.38. The molecule has 1 N–H and O–H groups in total. The van der Waals surface area contributed by atoms with Gasteiger partial charge in [-0.25, -0.2) is 9.97 Å². The Balaban J connectivity index is 2.37. The second kappa shape index (κ2) is 6.11. The molecule has 1 atom stereocenters. The molecule has 3 heteroatoms. The van der Waals surface area contributed by atoms with Crippen molar-refractivity contribution in [1.29, 1.82) is 0 Å². The first kappa shape index (κ1) is 10.7. The summed E-state index contributed by atoms with van der Waals surface area (Å²) in [5.41, 5.74) is 0.969. The Kier molecular flexibility index (Phi) is 4.66. The summed E-state index contributed by atoms with van der Waals surface area (Å²) in [6.45, 7) is 2.83. The summed E-state index contributed by atoms with van der Waals surface area (Å²) < 4.78 is 0. The quantitative estimate of drug-likeness (QED) is 0.711. The van der Waals surface area contributed by atoms with Crippen molar-refractivity contribution in [2.45, 2.75) is 32.4 Å². The van der Waals surface area contributed by atoms with E-state index in [4.69, 9.17) is 6.42 Å². The predicted octanol–water partition coefficient (Wildman–Crippen LogP) is 1.37. The Morgan fingerprint density at radius 3 is 3.07 bits per heavy atom. The lowest BCUT2D eigenvalue weighted by molar-refractivity contribution is 0.557. The van der Waals surface area contributed by atoms with Crippen LogP contribution in [0.4, 0.5) is 0 Å². The summed E-state index contributed by atoms with van der Waals surface area (Å²) in [5, 5.41) is 3.26. The van der Waals surface area contributed by atoms with Gasteiger partial charge in [0.25, 0.3) is 0 Å². The summed E-state index contributed by atoms with van der Waals surface area (Å²) in [4.78, 5) is 7.95. The Labute approximate surface area is 85.0 Å². The van der Waals surface area contributed by atoms with Crippen LogP contribution in [0.1, 0.15) is 25.5 Å². The molecule has 0 aromatic carbocycles. The van der Waals surface area contributed by atoms with E-state index in [-0.39, 0.29) is 6.04 Å². The van der Waals surface area contributed by atoms with Crippen molar-refractivity contribution in [2.75, 3.05) is 0 Å². The van der Waals surface area contributed by atoms with Gasteiger partial charge in [0.2, 0.25) is 0 Å². The van der Waals surface area contributed by atoms with E-state index < -0.39 is 0 Å². The first-order valence-electron chi connectivity index (χ1n) is 4.81. The maximum atomic E-state index is 5.38. The topological polar surface area (TPSA) is 37.8 Å². The minimum Gasteiger partial charge on any atom is -0.298 e. The fourth-order valence-electron chi connectivity index (χ4n) is 1.18. The van der Waals surface area contributed by atoms with Crippen LogP contribution in [-0.4, -0.2) is 16.0 Å². The van der Waals surface area contributed by atoms with Gasteiger partial charge in [0.15, 0.2) is 0 Å². The van der Waals surface area contributed by atoms with Crippen LogP contribution < -0.4 is 5.32 Å². The first-order chi connectivity index (χ1) is 6.86. The highest BCUT2D eigenvalue weighted by atomic mass is 14.9. The largest absolute Gasteiger partial charge is 0.298 e. The molecule has 1 aromatic rings. The number of rotatable bonds is 5. The van der Waals surface area contributed by atoms with E-state index in [1.165, 1.54) is 0 Å². The molecule has 3 nitrogen and oxygen atoms in total. The number of hydrogen-bond donors (Lipinski definition) is 1. The van der Waals surface area contributed by atoms with E-state index in [9.17, 15) is 0 Å². The van der Waals surface area contributed by atoms with E-state index in [1.807, 2.05) is 6.07 Å². The van der Waals surface area contributed by atoms with Crippen LogP contribution in [0.3, 0.4) is 0 Å². The molecule has 74 valence electrons. The summed E-state index contributed by atoms with van der Waals surface area (Å²) in [7, 11) is 0. The van der Waals surface area contributed by atoms with Gasteiger partial charge in [-0.1, -0.05) is 19.3 Å². The van der Waals surface area contributed by atoms with Crippen molar-refractivity contribution in [3.8, 4) is 12.3 Å². The molecule has 1 heterocycles. The van der Waals surface area contributed by atoms with E-state index in [0.29, 0.717) is 6.54 Å². The van der Waals surface area contributed by atoms with Crippen LogP contribution >= 0.6 is 0 Å². The highest BCUT2D eigenvalue weighted by Crippen LogP contribution is 1.97. The standard InChI is InChI=1S/C11H15N3/c1-3-5-10(4-2)13-8-11-6-7-12-9-14-11/h2,6-7,9-10,13H,3,5,8H2,1H3. The van der Waals surface area contributed by atoms with Crippen molar-refractivity contribution in [3.63, 3.8) is 0 Å². The van der Waals surface area contributed by atoms with E-state index >= 15 is 0 Å². The third-order valence-corrected chi connectivity index (χ3v) is 1.95. The van der Waals surface area contributed by atoms with Crippen molar-refractivity contribution in [2.24, 2.45) is 0 Å². The van der Waals surface area contributed by atoms with Crippen LogP contribution in [0, 0.1) is 12.3 Å². The highest BCUT2D eigenvalue weighted by molar-refractivity contribution is 5.02. The van der Waals surface area contributed by atoms with Gasteiger partial charge in [-0.3, -0.25) is 5.32 Å². The molecular weight excluding hydrogens is 174 g/mol. The monoisotopic (exact) mass is 189 g/mol. The van der Waals surface area contributed by atoms with Gasteiger partial charge in [0, 0.05) is 12.7 Å². The summed E-state index contributed by atoms with van der Waals surface area (Å²) in [6, 6.07) is 2.03. The smallest absolute Gasteiger partial charge is 0.115 e. The second-order valence-corrected chi connectivity index (χ2v) is 3.09. The van der Waals surface area contributed by atoms with Gasteiger partial charge in [-0.05, 0) is 12.5 Å². The fraction of sp³-hybridized carbons (Fsp3) is 0.455. The second-order valence-electron chi connectivity index (χ2n) is 3.09. The number of terminal acetylenes is 1. The van der Waals surface area contributed by atoms with Crippen LogP contribution in [0.2, 0.25) is 0 Å². The fourth-order valence-corrected chi connectivity index (χ4v) is 1.18. The zero-order valence-corrected chi connectivity index (χ0v) is 8.40. The lowest BCUT2D eigenvalue weighted by atomic mass is 10.2. The van der Waals surface area contributed by atoms with Gasteiger partial charge in [-0.2, -0.15) is 0 Å². The summed E-state index contributed by atoms with van der Waals surface area (Å²) >= 11 is 0. The third-order valence-electron chi connectivity index (χ3n) is 1.95. The third kappa shape index (κ3) is 3.55. The van der Waals surface area contributed by atoms with E-state index in [1.54, 1.807) is 12.5 Å². The van der Waals surface area contributed by atoms with Crippen molar-refractivity contribution < 1.29 is 0 Å². The number of hydrogen-bond acceptors (Lipinski definition) is 3. The molecule has 1 rings (SSSR count). The summed E-state index contributed by atoms with van der Waals surface area (Å²) in [5.74, 6) is 2.72. The molecule has 0 amide bonds. The molecule has 1 unspecified atom stereocenters. The zero-order valence-electron chi connectivity index (χ0n) is 8.40. The van der Waals surface area contributed by atoms with Gasteiger partial charge < -0.3 is 0 Å². The minimum absolute atomic E-state index is 0.148. The molecule has 0 bridgehead atoms. The van der Waals surface area contributed by atoms with Crippen LogP contribution in [0.15, 0.2) is 18.6 Å². The lowest BCUT2D eigenvalue weighted by Crippen LogP contribution is -2.27. The molecule has 1 aromatic heterocycles. The molecular formula is C11H15N3. The molecule has 0 spiro atoms. The summed E-state index contributed by atoms with van der Waals surface area (Å²) in [6.07, 6.45) is 10.7. The Bertz CT molecular complexity index is 289. The Morgan fingerprint density at radius 1 is 1.64 bits per heavy atom. The molecule has 0 saturated heterocycles. The molecule has 0 aliphatic carbocycles. The van der Waals surface area contributed by atoms with Gasteiger partial charge in [-0.15, -0.1) is 6.42 Å². The average molecular weight is 189 g/mol. The van der Waals surface area contributed by atoms with Crippen LogP contribution in [0.25, 0.3) is 0 Å². The molecule has 0 aliphatic rings. The van der Waals surface area contributed by atoms with Gasteiger partial charge in [0.1, 0.15) is 6.33 Å².